The highest BCUT2D eigenvalue weighted by molar-refractivity contribution is 5.90. The SMILES string of the molecule is CC1CC(C(=O)O)CCN1C(=O)C1CC(=O)N(C2CC2)C1. The lowest BCUT2D eigenvalue weighted by Gasteiger charge is -2.37. The first-order chi connectivity index (χ1) is 9.97. The molecule has 1 aliphatic carbocycles. The van der Waals surface area contributed by atoms with Gasteiger partial charge < -0.3 is 14.9 Å². The molecule has 3 rings (SSSR count). The summed E-state index contributed by atoms with van der Waals surface area (Å²) in [6.45, 7) is 2.95. The number of piperidine rings is 1. The van der Waals surface area contributed by atoms with Gasteiger partial charge in [0.1, 0.15) is 0 Å². The summed E-state index contributed by atoms with van der Waals surface area (Å²) in [5.41, 5.74) is 0. The summed E-state index contributed by atoms with van der Waals surface area (Å²) in [6, 6.07) is 0.308. The summed E-state index contributed by atoms with van der Waals surface area (Å²) < 4.78 is 0. The molecule has 2 heterocycles. The number of carboxylic acid groups (broad SMARTS) is 1. The predicted octanol–water partition coefficient (Wildman–Crippen LogP) is 0.709. The summed E-state index contributed by atoms with van der Waals surface area (Å²) in [7, 11) is 0. The second-order valence-electron chi connectivity index (χ2n) is 6.62. The normalized spacial score (nSPS) is 33.4. The lowest BCUT2D eigenvalue weighted by molar-refractivity contribution is -0.148. The van der Waals surface area contributed by atoms with Gasteiger partial charge in [-0.05, 0) is 32.6 Å². The first-order valence-electron chi connectivity index (χ1n) is 7.80. The van der Waals surface area contributed by atoms with Crippen molar-refractivity contribution in [1.82, 2.24) is 9.80 Å². The van der Waals surface area contributed by atoms with Gasteiger partial charge in [-0.25, -0.2) is 0 Å². The van der Waals surface area contributed by atoms with Crippen molar-refractivity contribution < 1.29 is 19.5 Å². The zero-order valence-electron chi connectivity index (χ0n) is 12.3. The van der Waals surface area contributed by atoms with Crippen molar-refractivity contribution >= 4 is 17.8 Å². The molecule has 0 aromatic heterocycles. The molecule has 2 aliphatic heterocycles. The number of amides is 2. The fraction of sp³-hybridized carbons (Fsp3) is 0.800. The molecule has 0 spiro atoms. The van der Waals surface area contributed by atoms with E-state index in [1.165, 1.54) is 0 Å². The van der Waals surface area contributed by atoms with Crippen LogP contribution >= 0.6 is 0 Å². The Balaban J connectivity index is 1.61. The molecule has 3 unspecified atom stereocenters. The molecule has 116 valence electrons. The van der Waals surface area contributed by atoms with Gasteiger partial charge in [-0.2, -0.15) is 0 Å². The molecule has 1 saturated carbocycles. The molecule has 0 aromatic rings. The Kier molecular flexibility index (Phi) is 3.63. The lowest BCUT2D eigenvalue weighted by atomic mass is 9.90. The molecule has 6 heteroatoms. The Morgan fingerprint density at radius 1 is 1.19 bits per heavy atom. The average molecular weight is 294 g/mol. The van der Waals surface area contributed by atoms with E-state index in [4.69, 9.17) is 5.11 Å². The molecular weight excluding hydrogens is 272 g/mol. The van der Waals surface area contributed by atoms with Crippen LogP contribution in [0.5, 0.6) is 0 Å². The second-order valence-corrected chi connectivity index (χ2v) is 6.62. The third-order valence-electron chi connectivity index (χ3n) is 5.00. The number of aliphatic carboxylic acids is 1. The average Bonchev–Trinajstić information content (AvgIpc) is 3.20. The minimum Gasteiger partial charge on any atom is -0.481 e. The molecule has 2 saturated heterocycles. The van der Waals surface area contributed by atoms with E-state index in [1.54, 1.807) is 4.90 Å². The van der Waals surface area contributed by atoms with E-state index in [1.807, 2.05) is 11.8 Å². The summed E-state index contributed by atoms with van der Waals surface area (Å²) in [5, 5.41) is 9.08. The number of hydrogen-bond donors (Lipinski definition) is 1. The molecule has 1 N–H and O–H groups in total. The fourth-order valence-corrected chi connectivity index (χ4v) is 3.59. The monoisotopic (exact) mass is 294 g/mol. The van der Waals surface area contributed by atoms with Crippen LogP contribution in [0.1, 0.15) is 39.0 Å². The standard InChI is InChI=1S/C15H22N2O4/c1-9-6-10(15(20)21)4-5-16(9)14(19)11-7-13(18)17(8-11)12-2-3-12/h9-12H,2-8H2,1H3,(H,20,21). The Labute approximate surface area is 124 Å². The van der Waals surface area contributed by atoms with Gasteiger partial charge in [-0.15, -0.1) is 0 Å². The number of nitrogens with zero attached hydrogens (tertiary/aromatic N) is 2. The molecule has 3 aliphatic rings. The minimum absolute atomic E-state index is 0.0304. The topological polar surface area (TPSA) is 77.9 Å². The van der Waals surface area contributed by atoms with E-state index in [0.717, 1.165) is 12.8 Å². The molecule has 6 nitrogen and oxygen atoms in total. The van der Waals surface area contributed by atoms with Crippen LogP contribution in [-0.4, -0.2) is 57.9 Å². The van der Waals surface area contributed by atoms with Gasteiger partial charge in [-0.3, -0.25) is 14.4 Å². The van der Waals surface area contributed by atoms with Crippen LogP contribution in [0.15, 0.2) is 0 Å². The number of carbonyl (C=O) groups excluding carboxylic acids is 2. The van der Waals surface area contributed by atoms with Crippen molar-refractivity contribution in [3.63, 3.8) is 0 Å². The van der Waals surface area contributed by atoms with Crippen molar-refractivity contribution in [2.24, 2.45) is 11.8 Å². The quantitative estimate of drug-likeness (QED) is 0.831. The fourth-order valence-electron chi connectivity index (χ4n) is 3.59. The maximum atomic E-state index is 12.6. The molecule has 3 atom stereocenters. The van der Waals surface area contributed by atoms with E-state index in [-0.39, 0.29) is 29.7 Å². The van der Waals surface area contributed by atoms with Crippen LogP contribution in [0.3, 0.4) is 0 Å². The summed E-state index contributed by atoms with van der Waals surface area (Å²) in [6.07, 6.45) is 3.47. The maximum Gasteiger partial charge on any atom is 0.306 e. The Hall–Kier alpha value is -1.59. The predicted molar refractivity (Wildman–Crippen MR) is 74.4 cm³/mol. The van der Waals surface area contributed by atoms with Crippen LogP contribution in [0.2, 0.25) is 0 Å². The van der Waals surface area contributed by atoms with Crippen molar-refractivity contribution in [3.8, 4) is 0 Å². The first kappa shape index (κ1) is 14.4. The number of carbonyl (C=O) groups is 3. The smallest absolute Gasteiger partial charge is 0.306 e. The molecule has 0 radical (unpaired) electrons. The van der Waals surface area contributed by atoms with Crippen molar-refractivity contribution in [2.45, 2.75) is 51.1 Å². The van der Waals surface area contributed by atoms with Gasteiger partial charge in [0.2, 0.25) is 11.8 Å². The highest BCUT2D eigenvalue weighted by atomic mass is 16.4. The lowest BCUT2D eigenvalue weighted by Crippen LogP contribution is -2.48. The van der Waals surface area contributed by atoms with Crippen molar-refractivity contribution in [2.75, 3.05) is 13.1 Å². The number of rotatable bonds is 3. The molecule has 21 heavy (non-hydrogen) atoms. The van der Waals surface area contributed by atoms with Gasteiger partial charge in [0, 0.05) is 31.6 Å². The summed E-state index contributed by atoms with van der Waals surface area (Å²) in [5.74, 6) is -1.23. The zero-order chi connectivity index (χ0) is 15.1. The molecule has 0 aromatic carbocycles. The van der Waals surface area contributed by atoms with Crippen LogP contribution < -0.4 is 0 Å². The highest BCUT2D eigenvalue weighted by Gasteiger charge is 2.44. The molecule has 2 amide bonds. The second kappa shape index (κ2) is 5.31. The van der Waals surface area contributed by atoms with E-state index >= 15 is 0 Å². The Morgan fingerprint density at radius 2 is 1.90 bits per heavy atom. The molecule has 0 bridgehead atoms. The van der Waals surface area contributed by atoms with E-state index < -0.39 is 5.97 Å². The third-order valence-corrected chi connectivity index (χ3v) is 5.00. The molecule has 3 fully saturated rings. The maximum absolute atomic E-state index is 12.6. The van der Waals surface area contributed by atoms with E-state index in [0.29, 0.717) is 38.4 Å². The third kappa shape index (κ3) is 2.76. The Bertz CT molecular complexity index is 474. The van der Waals surface area contributed by atoms with Crippen LogP contribution in [0.25, 0.3) is 0 Å². The van der Waals surface area contributed by atoms with Gasteiger partial charge in [0.15, 0.2) is 0 Å². The number of hydrogen-bond acceptors (Lipinski definition) is 3. The van der Waals surface area contributed by atoms with Crippen LogP contribution in [0, 0.1) is 11.8 Å². The summed E-state index contributed by atoms with van der Waals surface area (Å²) >= 11 is 0. The van der Waals surface area contributed by atoms with Gasteiger partial charge in [-0.1, -0.05) is 0 Å². The summed E-state index contributed by atoms with van der Waals surface area (Å²) in [4.78, 5) is 39.3. The first-order valence-corrected chi connectivity index (χ1v) is 7.80. The largest absolute Gasteiger partial charge is 0.481 e. The number of likely N-dealkylation sites (tertiary alicyclic amines) is 2. The molecular formula is C15H22N2O4. The Morgan fingerprint density at radius 3 is 2.48 bits per heavy atom. The number of carboxylic acids is 1. The van der Waals surface area contributed by atoms with Crippen molar-refractivity contribution in [3.05, 3.63) is 0 Å². The van der Waals surface area contributed by atoms with Gasteiger partial charge in [0.05, 0.1) is 11.8 Å². The van der Waals surface area contributed by atoms with Crippen LogP contribution in [-0.2, 0) is 14.4 Å². The highest BCUT2D eigenvalue weighted by Crippen LogP contribution is 2.34. The minimum atomic E-state index is -0.773. The van der Waals surface area contributed by atoms with Gasteiger partial charge >= 0.3 is 5.97 Å². The van der Waals surface area contributed by atoms with Crippen molar-refractivity contribution in [1.29, 1.82) is 0 Å². The van der Waals surface area contributed by atoms with Gasteiger partial charge in [0.25, 0.3) is 0 Å². The van der Waals surface area contributed by atoms with Crippen LogP contribution in [0.4, 0.5) is 0 Å². The van der Waals surface area contributed by atoms with E-state index in [9.17, 15) is 14.4 Å². The zero-order valence-corrected chi connectivity index (χ0v) is 12.3. The van der Waals surface area contributed by atoms with E-state index in [2.05, 4.69) is 0 Å².